The van der Waals surface area contributed by atoms with E-state index in [0.29, 0.717) is 12.5 Å². The molecule has 0 aliphatic heterocycles. The number of rotatable bonds is 5. The number of hydrogen-bond acceptors (Lipinski definition) is 3. The second kappa shape index (κ2) is 5.60. The summed E-state index contributed by atoms with van der Waals surface area (Å²) in [5.41, 5.74) is 1.89. The fourth-order valence-corrected chi connectivity index (χ4v) is 2.35. The summed E-state index contributed by atoms with van der Waals surface area (Å²) in [5.74, 6) is 1.63. The van der Waals surface area contributed by atoms with Crippen molar-refractivity contribution in [3.8, 4) is 5.75 Å². The summed E-state index contributed by atoms with van der Waals surface area (Å²) in [6.07, 6.45) is 4.54. The molecule has 1 aliphatic rings. The van der Waals surface area contributed by atoms with E-state index in [4.69, 9.17) is 4.74 Å². The first-order valence-corrected chi connectivity index (χ1v) is 7.12. The first-order valence-electron chi connectivity index (χ1n) is 7.12. The van der Waals surface area contributed by atoms with Gasteiger partial charge in [0.2, 0.25) is 5.91 Å². The van der Waals surface area contributed by atoms with Crippen LogP contribution in [0.15, 0.2) is 36.7 Å². The smallest absolute Gasteiger partial charge is 0.227 e. The molecule has 110 valence electrons. The monoisotopic (exact) mass is 285 g/mol. The second-order valence-electron chi connectivity index (χ2n) is 5.58. The lowest BCUT2D eigenvalue weighted by molar-refractivity contribution is -0.117. The Hall–Kier alpha value is -2.30. The quantitative estimate of drug-likeness (QED) is 0.918. The first-order chi connectivity index (χ1) is 10.2. The van der Waals surface area contributed by atoms with Crippen LogP contribution in [0.5, 0.6) is 5.75 Å². The van der Waals surface area contributed by atoms with Crippen molar-refractivity contribution in [3.05, 3.63) is 42.2 Å². The number of methoxy groups -OCH3 is 1. The summed E-state index contributed by atoms with van der Waals surface area (Å²) >= 11 is 0. The van der Waals surface area contributed by atoms with E-state index in [2.05, 4.69) is 17.3 Å². The normalized spacial score (nSPS) is 20.1. The molecule has 2 unspecified atom stereocenters. The van der Waals surface area contributed by atoms with E-state index >= 15 is 0 Å². The van der Waals surface area contributed by atoms with E-state index in [1.165, 1.54) is 0 Å². The number of carbonyl (C=O) groups is 1. The predicted octanol–water partition coefficient (Wildman–Crippen LogP) is 2.53. The Labute approximate surface area is 123 Å². The van der Waals surface area contributed by atoms with Gasteiger partial charge >= 0.3 is 0 Å². The number of ether oxygens (including phenoxy) is 1. The Balaban J connectivity index is 1.60. The van der Waals surface area contributed by atoms with Gasteiger partial charge in [0.25, 0.3) is 0 Å². The zero-order valence-electron chi connectivity index (χ0n) is 12.2. The Bertz CT molecular complexity index is 633. The molecule has 1 aromatic carbocycles. The van der Waals surface area contributed by atoms with Gasteiger partial charge < -0.3 is 10.1 Å². The van der Waals surface area contributed by atoms with Gasteiger partial charge in [0.15, 0.2) is 0 Å². The van der Waals surface area contributed by atoms with Gasteiger partial charge in [0, 0.05) is 12.1 Å². The van der Waals surface area contributed by atoms with Gasteiger partial charge in [-0.3, -0.25) is 9.48 Å². The van der Waals surface area contributed by atoms with Gasteiger partial charge in [0.05, 0.1) is 25.5 Å². The highest BCUT2D eigenvalue weighted by molar-refractivity contribution is 5.94. The Kier molecular flexibility index (Phi) is 3.64. The third-order valence-electron chi connectivity index (χ3n) is 3.85. The van der Waals surface area contributed by atoms with Gasteiger partial charge in [-0.1, -0.05) is 19.1 Å². The fourth-order valence-electron chi connectivity index (χ4n) is 2.35. The standard InChI is InChI=1S/C16H19N3O2/c1-11-7-15(11)16(20)18-13-8-17-19(10-13)9-12-3-5-14(21-2)6-4-12/h3-6,8,10-11,15H,7,9H2,1-2H3,(H,18,20). The zero-order valence-corrected chi connectivity index (χ0v) is 12.2. The van der Waals surface area contributed by atoms with Crippen molar-refractivity contribution in [2.45, 2.75) is 19.9 Å². The molecule has 1 amide bonds. The van der Waals surface area contributed by atoms with Crippen molar-refractivity contribution in [2.75, 3.05) is 12.4 Å². The zero-order chi connectivity index (χ0) is 14.8. The van der Waals surface area contributed by atoms with E-state index < -0.39 is 0 Å². The summed E-state index contributed by atoms with van der Waals surface area (Å²) in [4.78, 5) is 11.9. The molecule has 5 nitrogen and oxygen atoms in total. The maximum absolute atomic E-state index is 11.9. The number of aromatic nitrogens is 2. The Morgan fingerprint density at radius 1 is 1.43 bits per heavy atom. The molecular weight excluding hydrogens is 266 g/mol. The van der Waals surface area contributed by atoms with E-state index in [1.54, 1.807) is 13.3 Å². The van der Waals surface area contributed by atoms with Gasteiger partial charge in [-0.2, -0.15) is 5.10 Å². The molecule has 1 saturated carbocycles. The lowest BCUT2D eigenvalue weighted by atomic mass is 10.2. The number of nitrogens with one attached hydrogen (secondary N) is 1. The number of nitrogens with zero attached hydrogens (tertiary/aromatic N) is 2. The van der Waals surface area contributed by atoms with E-state index in [-0.39, 0.29) is 11.8 Å². The van der Waals surface area contributed by atoms with Crippen molar-refractivity contribution in [3.63, 3.8) is 0 Å². The van der Waals surface area contributed by atoms with Crippen LogP contribution in [0.25, 0.3) is 0 Å². The molecule has 21 heavy (non-hydrogen) atoms. The number of hydrogen-bond donors (Lipinski definition) is 1. The van der Waals surface area contributed by atoms with E-state index in [9.17, 15) is 4.79 Å². The van der Waals surface area contributed by atoms with Crippen molar-refractivity contribution < 1.29 is 9.53 Å². The molecule has 1 aromatic heterocycles. The molecule has 1 fully saturated rings. The average Bonchev–Trinajstić information content (AvgIpc) is 3.07. The van der Waals surface area contributed by atoms with Crippen LogP contribution in [0, 0.1) is 11.8 Å². The number of amides is 1. The van der Waals surface area contributed by atoms with Crippen LogP contribution in [-0.4, -0.2) is 22.8 Å². The lowest BCUT2D eigenvalue weighted by Crippen LogP contribution is -2.13. The van der Waals surface area contributed by atoms with Gasteiger partial charge in [-0.15, -0.1) is 0 Å². The first kappa shape index (κ1) is 13.7. The van der Waals surface area contributed by atoms with Crippen molar-refractivity contribution in [1.82, 2.24) is 9.78 Å². The van der Waals surface area contributed by atoms with Crippen molar-refractivity contribution in [2.24, 2.45) is 11.8 Å². The average molecular weight is 285 g/mol. The summed E-state index contributed by atoms with van der Waals surface area (Å²) in [6, 6.07) is 7.86. The van der Waals surface area contributed by atoms with Crippen LogP contribution >= 0.6 is 0 Å². The van der Waals surface area contributed by atoms with Crippen molar-refractivity contribution in [1.29, 1.82) is 0 Å². The van der Waals surface area contributed by atoms with Gasteiger partial charge in [-0.25, -0.2) is 0 Å². The third kappa shape index (κ3) is 3.24. The highest BCUT2D eigenvalue weighted by Crippen LogP contribution is 2.38. The Morgan fingerprint density at radius 3 is 2.76 bits per heavy atom. The minimum Gasteiger partial charge on any atom is -0.497 e. The maximum Gasteiger partial charge on any atom is 0.227 e. The highest BCUT2D eigenvalue weighted by atomic mass is 16.5. The second-order valence-corrected chi connectivity index (χ2v) is 5.58. The lowest BCUT2D eigenvalue weighted by Gasteiger charge is -2.04. The molecule has 1 heterocycles. The van der Waals surface area contributed by atoms with E-state index in [0.717, 1.165) is 23.4 Å². The number of benzene rings is 1. The minimum absolute atomic E-state index is 0.103. The number of carbonyl (C=O) groups excluding carboxylic acids is 1. The van der Waals surface area contributed by atoms with Crippen LogP contribution in [0.3, 0.4) is 0 Å². The molecule has 1 N–H and O–H groups in total. The molecular formula is C16H19N3O2. The molecule has 5 heteroatoms. The molecule has 0 spiro atoms. The van der Waals surface area contributed by atoms with Crippen LogP contribution in [0.1, 0.15) is 18.9 Å². The molecule has 3 rings (SSSR count). The van der Waals surface area contributed by atoms with E-state index in [1.807, 2.05) is 35.1 Å². The topological polar surface area (TPSA) is 56.1 Å². The largest absolute Gasteiger partial charge is 0.497 e. The van der Waals surface area contributed by atoms with Crippen LogP contribution < -0.4 is 10.1 Å². The fraction of sp³-hybridized carbons (Fsp3) is 0.375. The van der Waals surface area contributed by atoms with Gasteiger partial charge in [-0.05, 0) is 30.0 Å². The van der Waals surface area contributed by atoms with Crippen LogP contribution in [0.2, 0.25) is 0 Å². The van der Waals surface area contributed by atoms with Crippen LogP contribution in [0.4, 0.5) is 5.69 Å². The summed E-state index contributed by atoms with van der Waals surface area (Å²) in [7, 11) is 1.65. The predicted molar refractivity (Wildman–Crippen MR) is 80.2 cm³/mol. The SMILES string of the molecule is COc1ccc(Cn2cc(NC(=O)C3CC3C)cn2)cc1. The third-order valence-corrected chi connectivity index (χ3v) is 3.85. The molecule has 2 atom stereocenters. The van der Waals surface area contributed by atoms with Crippen LogP contribution in [-0.2, 0) is 11.3 Å². The minimum atomic E-state index is 0.103. The molecule has 1 aliphatic carbocycles. The number of anilines is 1. The summed E-state index contributed by atoms with van der Waals surface area (Å²) in [5, 5.41) is 7.19. The molecule has 2 aromatic rings. The molecule has 0 radical (unpaired) electrons. The summed E-state index contributed by atoms with van der Waals surface area (Å²) in [6.45, 7) is 2.76. The Morgan fingerprint density at radius 2 is 2.14 bits per heavy atom. The van der Waals surface area contributed by atoms with Crippen molar-refractivity contribution >= 4 is 11.6 Å². The molecule has 0 bridgehead atoms. The van der Waals surface area contributed by atoms with Gasteiger partial charge in [0.1, 0.15) is 5.75 Å². The highest BCUT2D eigenvalue weighted by Gasteiger charge is 2.39. The maximum atomic E-state index is 11.9. The summed E-state index contributed by atoms with van der Waals surface area (Å²) < 4.78 is 6.95. The molecule has 0 saturated heterocycles.